The maximum absolute atomic E-state index is 12.4. The van der Waals surface area contributed by atoms with Gasteiger partial charge in [-0.25, -0.2) is 0 Å². The molecule has 0 aliphatic carbocycles. The average Bonchev–Trinajstić information content (AvgIpc) is 2.54. The molecule has 1 rings (SSSR count). The van der Waals surface area contributed by atoms with E-state index in [1.807, 2.05) is 0 Å². The summed E-state index contributed by atoms with van der Waals surface area (Å²) in [6.45, 7) is -1.33. The van der Waals surface area contributed by atoms with Crippen LogP contribution in [0.25, 0.3) is 0 Å². The zero-order valence-corrected chi connectivity index (χ0v) is 15.0. The predicted octanol–water partition coefficient (Wildman–Crippen LogP) is 0.273. The van der Waals surface area contributed by atoms with Crippen molar-refractivity contribution in [2.45, 2.75) is 23.3 Å². The lowest BCUT2D eigenvalue weighted by atomic mass is 10.0. The molecule has 146 valence electrons. The largest absolute Gasteiger partial charge is 0.330 e. The van der Waals surface area contributed by atoms with E-state index in [1.165, 1.54) is 0 Å². The minimum atomic E-state index is -4.82. The molecule has 0 aliphatic heterocycles. The number of ketones is 2. The minimum Gasteiger partial charge on any atom is -0.330 e. The van der Waals surface area contributed by atoms with Crippen LogP contribution in [0, 0.1) is 0 Å². The van der Waals surface area contributed by atoms with Crippen LogP contribution in [0.2, 0.25) is 0 Å². The highest BCUT2D eigenvalue weighted by Crippen LogP contribution is 2.17. The number of hydrogen-bond acceptors (Lipinski definition) is 7. The molecule has 0 saturated carbocycles. The third-order valence-corrected chi connectivity index (χ3v) is 5.90. The smallest absolute Gasteiger partial charge is 0.275 e. The van der Waals surface area contributed by atoms with Gasteiger partial charge in [0.1, 0.15) is 0 Å². The maximum Gasteiger partial charge on any atom is 0.275 e. The van der Waals surface area contributed by atoms with Crippen LogP contribution in [0.15, 0.2) is 24.3 Å². The van der Waals surface area contributed by atoms with Crippen molar-refractivity contribution in [3.05, 3.63) is 35.4 Å². The highest BCUT2D eigenvalue weighted by atomic mass is 32.2. The van der Waals surface area contributed by atoms with Crippen molar-refractivity contribution in [3.63, 3.8) is 0 Å². The Bertz CT molecular complexity index is 792. The molecule has 4 N–H and O–H groups in total. The molecule has 1 aromatic rings. The maximum atomic E-state index is 12.4. The lowest BCUT2D eigenvalue weighted by molar-refractivity contribution is 0.0967. The molecule has 0 aromatic heterocycles. The van der Waals surface area contributed by atoms with E-state index in [1.54, 1.807) is 0 Å². The Morgan fingerprint density at radius 1 is 0.885 bits per heavy atom. The summed E-state index contributed by atoms with van der Waals surface area (Å²) in [6, 6.07) is 4.19. The fourth-order valence-corrected chi connectivity index (χ4v) is 3.89. The lowest BCUT2D eigenvalue weighted by Gasteiger charge is -2.13. The molecule has 2 atom stereocenters. The summed E-state index contributed by atoms with van der Waals surface area (Å²) < 4.78 is 75.5. The van der Waals surface area contributed by atoms with E-state index in [-0.39, 0.29) is 24.1 Å². The summed E-state index contributed by atoms with van der Waals surface area (Å²) in [5.74, 6) is -2.02. The molecule has 0 bridgehead atoms. The van der Waals surface area contributed by atoms with Crippen molar-refractivity contribution in [2.75, 3.05) is 13.2 Å². The van der Waals surface area contributed by atoms with Crippen LogP contribution in [0.5, 0.6) is 0 Å². The Kier molecular flexibility index (Phi) is 7.53. The Morgan fingerprint density at radius 2 is 1.23 bits per heavy atom. The van der Waals surface area contributed by atoms with E-state index in [4.69, 9.17) is 14.8 Å². The van der Waals surface area contributed by atoms with E-state index in [9.17, 15) is 30.8 Å². The van der Waals surface area contributed by atoms with E-state index in [2.05, 4.69) is 0 Å². The van der Waals surface area contributed by atoms with Gasteiger partial charge >= 0.3 is 0 Å². The second kappa shape index (κ2) is 8.77. The number of Topliss-reactive ketones (excluding diaryl/α,β-unsaturated/α-hetero) is 2. The summed E-state index contributed by atoms with van der Waals surface area (Å²) in [4.78, 5) is 24.3. The number of rotatable bonds is 10. The fourth-order valence-electron chi connectivity index (χ4n) is 2.25. The van der Waals surface area contributed by atoms with E-state index >= 15 is 0 Å². The zero-order valence-electron chi connectivity index (χ0n) is 13.4. The first kappa shape index (κ1) is 22.3. The first-order valence-electron chi connectivity index (χ1n) is 7.30. The zero-order chi connectivity index (χ0) is 20.1. The summed E-state index contributed by atoms with van der Waals surface area (Å²) in [5.41, 5.74) is 4.84. The van der Waals surface area contributed by atoms with E-state index < -0.39 is 55.4 Å². The van der Waals surface area contributed by atoms with Crippen LogP contribution in [-0.2, 0) is 20.2 Å². The Morgan fingerprint density at radius 3 is 1.50 bits per heavy atom. The third kappa shape index (κ3) is 5.64. The van der Waals surface area contributed by atoms with Crippen LogP contribution < -0.4 is 5.73 Å². The van der Waals surface area contributed by atoms with Crippen molar-refractivity contribution >= 4 is 31.8 Å². The molecular formula is C14H18FNO8S2. The number of nitrogens with two attached hydrogens (primary N) is 1. The molecule has 12 heteroatoms. The molecule has 0 saturated heterocycles. The number of hydrogen-bond donors (Lipinski definition) is 3. The summed E-state index contributed by atoms with van der Waals surface area (Å²) >= 11 is 0. The van der Waals surface area contributed by atoms with E-state index in [0.717, 1.165) is 24.3 Å². The monoisotopic (exact) mass is 411 g/mol. The van der Waals surface area contributed by atoms with Crippen LogP contribution >= 0.6 is 0 Å². The Labute approximate surface area is 149 Å². The topological polar surface area (TPSA) is 169 Å². The van der Waals surface area contributed by atoms with Crippen LogP contribution in [0.3, 0.4) is 0 Å². The first-order valence-corrected chi connectivity index (χ1v) is 10.3. The molecule has 0 aliphatic rings. The molecule has 0 radical (unpaired) electrons. The highest BCUT2D eigenvalue weighted by Gasteiger charge is 2.33. The van der Waals surface area contributed by atoms with Crippen molar-refractivity contribution < 1.29 is 39.9 Å². The molecule has 0 spiro atoms. The average molecular weight is 411 g/mol. The number of alkyl halides is 1. The van der Waals surface area contributed by atoms with Crippen molar-refractivity contribution in [1.29, 1.82) is 0 Å². The van der Waals surface area contributed by atoms with Gasteiger partial charge in [0.25, 0.3) is 20.2 Å². The number of carbonyl (C=O) groups excluding carboxylic acids is 2. The Hall–Kier alpha value is -1.73. The van der Waals surface area contributed by atoms with Crippen molar-refractivity contribution in [2.24, 2.45) is 5.73 Å². The van der Waals surface area contributed by atoms with Gasteiger partial charge in [0.15, 0.2) is 22.1 Å². The molecule has 9 nitrogen and oxygen atoms in total. The van der Waals surface area contributed by atoms with Crippen molar-refractivity contribution in [3.8, 4) is 0 Å². The normalized spacial score (nSPS) is 14.6. The second-order valence-corrected chi connectivity index (χ2v) is 8.57. The van der Waals surface area contributed by atoms with E-state index in [0.29, 0.717) is 0 Å². The molecule has 0 heterocycles. The van der Waals surface area contributed by atoms with Gasteiger partial charge in [0.2, 0.25) is 0 Å². The third-order valence-electron chi connectivity index (χ3n) is 3.56. The van der Waals surface area contributed by atoms with Gasteiger partial charge in [-0.1, -0.05) is 24.3 Å². The molecule has 0 amide bonds. The second-order valence-electron chi connectivity index (χ2n) is 5.37. The van der Waals surface area contributed by atoms with Crippen LogP contribution in [-0.4, -0.2) is 61.2 Å². The van der Waals surface area contributed by atoms with Gasteiger partial charge in [-0.3, -0.25) is 23.1 Å². The Balaban J connectivity index is 3.15. The van der Waals surface area contributed by atoms with Gasteiger partial charge in [0, 0.05) is 17.5 Å². The van der Waals surface area contributed by atoms with Gasteiger partial charge in [0.05, 0.1) is 6.67 Å². The molecule has 26 heavy (non-hydrogen) atoms. The highest BCUT2D eigenvalue weighted by molar-refractivity contribution is 7.87. The van der Waals surface area contributed by atoms with Gasteiger partial charge in [-0.2, -0.15) is 16.8 Å². The number of carbonyl (C=O) groups is 2. The molecule has 1 aromatic carbocycles. The van der Waals surface area contributed by atoms with Crippen molar-refractivity contribution in [1.82, 2.24) is 0 Å². The van der Waals surface area contributed by atoms with Crippen LogP contribution in [0.1, 0.15) is 33.6 Å². The number of halogens is 1. The standard InChI is InChI=1S/C14H18FNO8S2/c15-7-5-11(25(19,20)21)13(17)9-1-3-10(4-2-9)14(18)12(6-8-16)26(22,23)24/h1-4,11-12H,5-8,16H2,(H,19,20,21)(H,22,23,24). The molecular weight excluding hydrogens is 393 g/mol. The molecule has 0 fully saturated rings. The minimum absolute atomic E-state index is 0.161. The molecule has 2 unspecified atom stereocenters. The SMILES string of the molecule is NCCC(C(=O)c1ccc(C(=O)C(CCF)S(=O)(=O)O)cc1)S(=O)(=O)O. The first-order chi connectivity index (χ1) is 11.9. The van der Waals surface area contributed by atoms with Crippen LogP contribution in [0.4, 0.5) is 4.39 Å². The lowest BCUT2D eigenvalue weighted by Crippen LogP contribution is -2.32. The predicted molar refractivity (Wildman–Crippen MR) is 90.0 cm³/mol. The van der Waals surface area contributed by atoms with Gasteiger partial charge < -0.3 is 5.73 Å². The van der Waals surface area contributed by atoms with Gasteiger partial charge in [-0.05, 0) is 13.0 Å². The number of benzene rings is 1. The fraction of sp³-hybridized carbons (Fsp3) is 0.429. The van der Waals surface area contributed by atoms with Gasteiger partial charge in [-0.15, -0.1) is 0 Å². The summed E-state index contributed by atoms with van der Waals surface area (Å²) in [6.07, 6.45) is -1.06. The quantitative estimate of drug-likeness (QED) is 0.361. The summed E-state index contributed by atoms with van der Waals surface area (Å²) in [5, 5.41) is -3.76. The summed E-state index contributed by atoms with van der Waals surface area (Å²) in [7, 11) is -9.52.